The Morgan fingerprint density at radius 2 is 1.80 bits per heavy atom. The van der Waals surface area contributed by atoms with Crippen molar-refractivity contribution in [2.75, 3.05) is 6.61 Å². The molecule has 6 heteroatoms. The molecule has 0 heterocycles. The van der Waals surface area contributed by atoms with Gasteiger partial charge in [0, 0.05) is 6.61 Å². The predicted octanol–water partition coefficient (Wildman–Crippen LogP) is -1.43. The third-order valence-corrected chi connectivity index (χ3v) is 1.39. The molecule has 0 unspecified atom stereocenters. The van der Waals surface area contributed by atoms with Crippen LogP contribution in [-0.4, -0.2) is 98.9 Å². The van der Waals surface area contributed by atoms with Gasteiger partial charge in [-0.05, 0) is 6.42 Å². The van der Waals surface area contributed by atoms with Crippen LogP contribution in [0.4, 0.5) is 0 Å². The Kier molecular flexibility index (Phi) is 11.3. The molecule has 0 rings (SSSR count). The topological polar surface area (TPSA) is 69.9 Å². The standard InChI is InChI=1S/C4H12O4Si.Cs.H/c1-2-3-4-8-9(5,6)7;;/h5-7H,2-4H2,1H3;;. The SMILES string of the molecule is CCCCO[Si](O)(O)O.[CsH]. The Labute approximate surface area is 121 Å². The first-order chi connectivity index (χ1) is 4.06. The second kappa shape index (κ2) is 7.74. The molecule has 0 radical (unpaired) electrons. The van der Waals surface area contributed by atoms with Gasteiger partial charge < -0.3 is 18.8 Å². The summed E-state index contributed by atoms with van der Waals surface area (Å²) in [6, 6.07) is 0. The minimum atomic E-state index is -4.19. The summed E-state index contributed by atoms with van der Waals surface area (Å²) in [6.45, 7) is 2.16. The van der Waals surface area contributed by atoms with Crippen LogP contribution < -0.4 is 0 Å². The molecule has 3 N–H and O–H groups in total. The van der Waals surface area contributed by atoms with Crippen molar-refractivity contribution in [3.63, 3.8) is 0 Å². The fourth-order valence-corrected chi connectivity index (χ4v) is 0.772. The van der Waals surface area contributed by atoms with Crippen molar-refractivity contribution in [1.82, 2.24) is 0 Å². The molecule has 0 atom stereocenters. The average molecular weight is 286 g/mol. The Hall–Kier alpha value is 2.11. The number of hydrogen-bond donors (Lipinski definition) is 3. The molecular weight excluding hydrogens is 273 g/mol. The van der Waals surface area contributed by atoms with Gasteiger partial charge in [-0.25, -0.2) is 0 Å². The maximum atomic E-state index is 8.27. The van der Waals surface area contributed by atoms with Crippen molar-refractivity contribution in [3.05, 3.63) is 0 Å². The van der Waals surface area contributed by atoms with Crippen LogP contribution in [0.2, 0.25) is 0 Å². The molecule has 0 spiro atoms. The van der Waals surface area contributed by atoms with Gasteiger partial charge in [-0.1, -0.05) is 13.3 Å². The van der Waals surface area contributed by atoms with Gasteiger partial charge in [0.05, 0.1) is 0 Å². The molecule has 0 amide bonds. The maximum absolute atomic E-state index is 8.27. The first-order valence-corrected chi connectivity index (χ1v) is 4.62. The van der Waals surface area contributed by atoms with E-state index in [2.05, 4.69) is 4.43 Å². The molecule has 0 saturated carbocycles. The van der Waals surface area contributed by atoms with E-state index in [0.29, 0.717) is 0 Å². The van der Waals surface area contributed by atoms with Gasteiger partial charge >= 0.3 is 77.9 Å². The van der Waals surface area contributed by atoms with Gasteiger partial charge in [-0.3, -0.25) is 0 Å². The summed E-state index contributed by atoms with van der Waals surface area (Å²) in [4.78, 5) is 24.8. The van der Waals surface area contributed by atoms with Crippen molar-refractivity contribution in [1.29, 1.82) is 0 Å². The average Bonchev–Trinajstić information content (AvgIpc) is 1.63. The van der Waals surface area contributed by atoms with E-state index in [1.165, 1.54) is 0 Å². The molecule has 0 aliphatic rings. The van der Waals surface area contributed by atoms with E-state index in [9.17, 15) is 0 Å². The quantitative estimate of drug-likeness (QED) is 0.438. The molecule has 0 aliphatic carbocycles. The van der Waals surface area contributed by atoms with E-state index in [-0.39, 0.29) is 75.5 Å². The molecule has 0 aromatic heterocycles. The van der Waals surface area contributed by atoms with Crippen LogP contribution in [0, 0.1) is 0 Å². The summed E-state index contributed by atoms with van der Waals surface area (Å²) >= 11 is 0. The second-order valence-corrected chi connectivity index (χ2v) is 3.21. The van der Waals surface area contributed by atoms with Crippen LogP contribution in [0.1, 0.15) is 19.8 Å². The zero-order valence-corrected chi connectivity index (χ0v) is 6.37. The van der Waals surface area contributed by atoms with Crippen LogP contribution in [0.3, 0.4) is 0 Å². The van der Waals surface area contributed by atoms with E-state index in [0.717, 1.165) is 12.8 Å². The van der Waals surface area contributed by atoms with E-state index in [4.69, 9.17) is 14.4 Å². The van der Waals surface area contributed by atoms with Gasteiger partial charge in [0.1, 0.15) is 0 Å². The van der Waals surface area contributed by atoms with Gasteiger partial charge in [-0.15, -0.1) is 0 Å². The van der Waals surface area contributed by atoms with Gasteiger partial charge in [-0.2, -0.15) is 0 Å². The summed E-state index contributed by atoms with van der Waals surface area (Å²) < 4.78 is 4.28. The van der Waals surface area contributed by atoms with Gasteiger partial charge in [0.15, 0.2) is 0 Å². The third-order valence-electron chi connectivity index (χ3n) is 0.794. The van der Waals surface area contributed by atoms with Crippen LogP contribution in [0.15, 0.2) is 0 Å². The number of hydrogen-bond acceptors (Lipinski definition) is 4. The summed E-state index contributed by atoms with van der Waals surface area (Å²) in [7, 11) is -4.19. The zero-order valence-electron chi connectivity index (χ0n) is 5.37. The molecule has 0 bridgehead atoms. The van der Waals surface area contributed by atoms with Crippen molar-refractivity contribution in [2.45, 2.75) is 19.8 Å². The summed E-state index contributed by atoms with van der Waals surface area (Å²) in [5, 5.41) is 0. The van der Waals surface area contributed by atoms with Crippen molar-refractivity contribution in [3.8, 4) is 0 Å². The Bertz CT molecular complexity index is 74.1. The number of rotatable bonds is 4. The molecular formula is C4H13CsO4Si. The van der Waals surface area contributed by atoms with E-state index in [1.54, 1.807) is 0 Å². The van der Waals surface area contributed by atoms with Crippen LogP contribution in [-0.2, 0) is 4.43 Å². The molecule has 0 aliphatic heterocycles. The predicted molar refractivity (Wildman–Crippen MR) is 40.4 cm³/mol. The van der Waals surface area contributed by atoms with Crippen LogP contribution in [0.25, 0.3) is 0 Å². The molecule has 0 saturated heterocycles. The summed E-state index contributed by atoms with van der Waals surface area (Å²) in [5.74, 6) is 0. The van der Waals surface area contributed by atoms with Crippen molar-refractivity contribution in [2.24, 2.45) is 0 Å². The second-order valence-electron chi connectivity index (χ2n) is 1.78. The third kappa shape index (κ3) is 12.8. The Morgan fingerprint density at radius 3 is 2.10 bits per heavy atom. The summed E-state index contributed by atoms with van der Waals surface area (Å²) in [5.41, 5.74) is 0. The van der Waals surface area contributed by atoms with Gasteiger partial charge in [0.25, 0.3) is 0 Å². The van der Waals surface area contributed by atoms with E-state index in [1.807, 2.05) is 6.92 Å². The minimum absolute atomic E-state index is 0. The summed E-state index contributed by atoms with van der Waals surface area (Å²) in [6.07, 6.45) is 1.64. The van der Waals surface area contributed by atoms with Crippen LogP contribution in [0.5, 0.6) is 0 Å². The van der Waals surface area contributed by atoms with E-state index >= 15 is 0 Å². The molecule has 10 heavy (non-hydrogen) atoms. The fourth-order valence-electron chi connectivity index (χ4n) is 0.353. The molecule has 0 aromatic rings. The van der Waals surface area contributed by atoms with Gasteiger partial charge in [0.2, 0.25) is 0 Å². The molecule has 58 valence electrons. The Balaban J connectivity index is 0. The van der Waals surface area contributed by atoms with Crippen molar-refractivity contribution < 1.29 is 18.8 Å². The monoisotopic (exact) mass is 286 g/mol. The Morgan fingerprint density at radius 1 is 1.30 bits per heavy atom. The normalized spacial score (nSPS) is 10.8. The molecule has 0 aromatic carbocycles. The first-order valence-electron chi connectivity index (χ1n) is 2.87. The first kappa shape index (κ1) is 14.6. The zero-order chi connectivity index (χ0) is 7.33. The van der Waals surface area contributed by atoms with Crippen molar-refractivity contribution >= 4 is 77.9 Å². The molecule has 0 fully saturated rings. The fraction of sp³-hybridized carbons (Fsp3) is 1.00. The number of unbranched alkanes of at least 4 members (excludes halogenated alkanes) is 1. The van der Waals surface area contributed by atoms with Crippen LogP contribution >= 0.6 is 0 Å². The van der Waals surface area contributed by atoms with E-state index < -0.39 is 9.05 Å². The molecule has 4 nitrogen and oxygen atoms in total.